The molecule has 0 heterocycles. The Morgan fingerprint density at radius 1 is 1.30 bits per heavy atom. The summed E-state index contributed by atoms with van der Waals surface area (Å²) in [5.74, 6) is -0.272. The SMILES string of the molecule is Cc1c(N)ccc(O)c1O. The van der Waals surface area contributed by atoms with Gasteiger partial charge in [0.05, 0.1) is 0 Å². The van der Waals surface area contributed by atoms with Crippen LogP contribution in [0.3, 0.4) is 0 Å². The molecule has 4 N–H and O–H groups in total. The van der Waals surface area contributed by atoms with Crippen molar-refractivity contribution >= 4 is 5.69 Å². The lowest BCUT2D eigenvalue weighted by molar-refractivity contribution is 0.401. The molecule has 3 nitrogen and oxygen atoms in total. The molecule has 1 rings (SSSR count). The van der Waals surface area contributed by atoms with Crippen molar-refractivity contribution in [3.8, 4) is 11.5 Å². The predicted octanol–water partition coefficient (Wildman–Crippen LogP) is 0.988. The summed E-state index contributed by atoms with van der Waals surface area (Å²) in [5.41, 5.74) is 6.41. The molecule has 0 aromatic heterocycles. The minimum Gasteiger partial charge on any atom is -0.504 e. The lowest BCUT2D eigenvalue weighted by Gasteiger charge is -2.03. The topological polar surface area (TPSA) is 66.5 Å². The Balaban J connectivity index is 3.34. The summed E-state index contributed by atoms with van der Waals surface area (Å²) in [7, 11) is 0. The molecule has 10 heavy (non-hydrogen) atoms. The second kappa shape index (κ2) is 2.10. The fourth-order valence-corrected chi connectivity index (χ4v) is 0.701. The van der Waals surface area contributed by atoms with E-state index in [4.69, 9.17) is 15.9 Å². The molecule has 0 fully saturated rings. The van der Waals surface area contributed by atoms with E-state index in [1.165, 1.54) is 6.07 Å². The summed E-state index contributed by atoms with van der Waals surface area (Å²) in [5, 5.41) is 18.0. The number of aromatic hydroxyl groups is 2. The number of nitrogens with two attached hydrogens (primary N) is 1. The quantitative estimate of drug-likeness (QED) is 0.285. The zero-order valence-electron chi connectivity index (χ0n) is 5.63. The molecule has 1 aromatic rings. The predicted molar refractivity (Wildman–Crippen MR) is 38.9 cm³/mol. The third-order valence-electron chi connectivity index (χ3n) is 1.45. The molecular formula is C7H9NO2. The van der Waals surface area contributed by atoms with E-state index in [0.717, 1.165) is 0 Å². The highest BCUT2D eigenvalue weighted by molar-refractivity contribution is 5.58. The van der Waals surface area contributed by atoms with Crippen LogP contribution in [0.5, 0.6) is 11.5 Å². The van der Waals surface area contributed by atoms with Gasteiger partial charge in [-0.25, -0.2) is 0 Å². The van der Waals surface area contributed by atoms with E-state index in [2.05, 4.69) is 0 Å². The maximum absolute atomic E-state index is 9.06. The van der Waals surface area contributed by atoms with Gasteiger partial charge in [-0.3, -0.25) is 0 Å². The number of rotatable bonds is 0. The van der Waals surface area contributed by atoms with Gasteiger partial charge in [0, 0.05) is 11.3 Å². The highest BCUT2D eigenvalue weighted by Gasteiger charge is 2.03. The van der Waals surface area contributed by atoms with Gasteiger partial charge in [0.1, 0.15) is 0 Å². The van der Waals surface area contributed by atoms with Crippen molar-refractivity contribution < 1.29 is 10.2 Å². The average molecular weight is 139 g/mol. The van der Waals surface area contributed by atoms with Crippen LogP contribution < -0.4 is 5.73 Å². The molecular weight excluding hydrogens is 130 g/mol. The van der Waals surface area contributed by atoms with E-state index >= 15 is 0 Å². The van der Waals surface area contributed by atoms with E-state index in [1.54, 1.807) is 13.0 Å². The zero-order chi connectivity index (χ0) is 7.72. The number of hydrogen-bond donors (Lipinski definition) is 3. The Morgan fingerprint density at radius 3 is 2.40 bits per heavy atom. The van der Waals surface area contributed by atoms with Crippen molar-refractivity contribution in [2.75, 3.05) is 5.73 Å². The lowest BCUT2D eigenvalue weighted by Crippen LogP contribution is -1.88. The summed E-state index contributed by atoms with van der Waals surface area (Å²) < 4.78 is 0. The van der Waals surface area contributed by atoms with E-state index in [0.29, 0.717) is 11.3 Å². The first-order valence-corrected chi connectivity index (χ1v) is 2.90. The fraction of sp³-hybridized carbons (Fsp3) is 0.143. The number of phenols is 2. The molecule has 0 bridgehead atoms. The molecule has 0 aliphatic heterocycles. The van der Waals surface area contributed by atoms with Gasteiger partial charge in [-0.15, -0.1) is 0 Å². The van der Waals surface area contributed by atoms with Gasteiger partial charge < -0.3 is 15.9 Å². The number of nitrogen functional groups attached to an aromatic ring is 1. The molecule has 54 valence electrons. The van der Waals surface area contributed by atoms with Gasteiger partial charge in [-0.1, -0.05) is 0 Å². The Hall–Kier alpha value is -1.38. The van der Waals surface area contributed by atoms with E-state index in [9.17, 15) is 0 Å². The van der Waals surface area contributed by atoms with Crippen LogP contribution in [0.15, 0.2) is 12.1 Å². The van der Waals surface area contributed by atoms with Gasteiger partial charge in [-0.2, -0.15) is 0 Å². The van der Waals surface area contributed by atoms with Gasteiger partial charge in [0.15, 0.2) is 11.5 Å². The lowest BCUT2D eigenvalue weighted by atomic mass is 10.2. The highest BCUT2D eigenvalue weighted by atomic mass is 16.3. The number of phenolic OH excluding ortho intramolecular Hbond substituents is 2. The van der Waals surface area contributed by atoms with Crippen molar-refractivity contribution in [3.63, 3.8) is 0 Å². The Labute approximate surface area is 58.7 Å². The standard InChI is InChI=1S/C7H9NO2/c1-4-5(8)2-3-6(9)7(4)10/h2-3,9-10H,8H2,1H3. The van der Waals surface area contributed by atoms with E-state index in [1.807, 2.05) is 0 Å². The third-order valence-corrected chi connectivity index (χ3v) is 1.45. The smallest absolute Gasteiger partial charge is 0.162 e. The van der Waals surface area contributed by atoms with Crippen LogP contribution >= 0.6 is 0 Å². The van der Waals surface area contributed by atoms with Crippen molar-refractivity contribution in [2.24, 2.45) is 0 Å². The Morgan fingerprint density at radius 2 is 1.90 bits per heavy atom. The average Bonchev–Trinajstić information content (AvgIpc) is 1.93. The maximum atomic E-state index is 9.06. The van der Waals surface area contributed by atoms with Crippen LogP contribution in [-0.2, 0) is 0 Å². The second-order valence-electron chi connectivity index (χ2n) is 2.15. The van der Waals surface area contributed by atoms with E-state index < -0.39 is 0 Å². The van der Waals surface area contributed by atoms with Crippen LogP contribution in [0.25, 0.3) is 0 Å². The summed E-state index contributed by atoms with van der Waals surface area (Å²) in [4.78, 5) is 0. The number of benzene rings is 1. The monoisotopic (exact) mass is 139 g/mol. The molecule has 0 amide bonds. The first kappa shape index (κ1) is 6.74. The molecule has 3 heteroatoms. The zero-order valence-corrected chi connectivity index (χ0v) is 5.63. The minimum absolute atomic E-state index is 0.133. The summed E-state index contributed by atoms with van der Waals surface area (Å²) >= 11 is 0. The van der Waals surface area contributed by atoms with Crippen LogP contribution in [0.4, 0.5) is 5.69 Å². The Kier molecular flexibility index (Phi) is 1.41. The van der Waals surface area contributed by atoms with Crippen molar-refractivity contribution in [1.29, 1.82) is 0 Å². The molecule has 1 aromatic carbocycles. The summed E-state index contributed by atoms with van der Waals surface area (Å²) in [6, 6.07) is 2.90. The molecule has 0 saturated heterocycles. The van der Waals surface area contributed by atoms with Crippen molar-refractivity contribution in [2.45, 2.75) is 6.92 Å². The van der Waals surface area contributed by atoms with Crippen LogP contribution in [-0.4, -0.2) is 10.2 Å². The minimum atomic E-state index is -0.139. The van der Waals surface area contributed by atoms with Crippen LogP contribution in [0.1, 0.15) is 5.56 Å². The van der Waals surface area contributed by atoms with Gasteiger partial charge in [0.25, 0.3) is 0 Å². The van der Waals surface area contributed by atoms with Crippen LogP contribution in [0, 0.1) is 6.92 Å². The third kappa shape index (κ3) is 0.857. The number of hydrogen-bond acceptors (Lipinski definition) is 3. The maximum Gasteiger partial charge on any atom is 0.162 e. The summed E-state index contributed by atoms with van der Waals surface area (Å²) in [6.07, 6.45) is 0. The molecule has 0 unspecified atom stereocenters. The molecule has 0 spiro atoms. The normalized spacial score (nSPS) is 9.70. The largest absolute Gasteiger partial charge is 0.504 e. The first-order valence-electron chi connectivity index (χ1n) is 2.90. The van der Waals surface area contributed by atoms with Crippen molar-refractivity contribution in [3.05, 3.63) is 17.7 Å². The molecule has 0 aliphatic rings. The highest BCUT2D eigenvalue weighted by Crippen LogP contribution is 2.31. The molecule has 0 atom stereocenters. The number of anilines is 1. The van der Waals surface area contributed by atoms with Gasteiger partial charge in [0.2, 0.25) is 0 Å². The Bertz CT molecular complexity index is 231. The molecule has 0 saturated carbocycles. The second-order valence-corrected chi connectivity index (χ2v) is 2.15. The van der Waals surface area contributed by atoms with Crippen molar-refractivity contribution in [1.82, 2.24) is 0 Å². The fourth-order valence-electron chi connectivity index (χ4n) is 0.701. The van der Waals surface area contributed by atoms with Crippen LogP contribution in [0.2, 0.25) is 0 Å². The molecule has 0 radical (unpaired) electrons. The van der Waals surface area contributed by atoms with Gasteiger partial charge >= 0.3 is 0 Å². The summed E-state index contributed by atoms with van der Waals surface area (Å²) in [6.45, 7) is 1.64. The first-order chi connectivity index (χ1) is 4.63. The molecule has 0 aliphatic carbocycles. The van der Waals surface area contributed by atoms with E-state index in [-0.39, 0.29) is 11.5 Å². The van der Waals surface area contributed by atoms with Gasteiger partial charge in [-0.05, 0) is 19.1 Å².